The monoisotopic (exact) mass is 396 g/mol. The van der Waals surface area contributed by atoms with E-state index in [4.69, 9.17) is 26.1 Å². The van der Waals surface area contributed by atoms with Crippen LogP contribution >= 0.6 is 12.2 Å². The molecule has 1 saturated carbocycles. The molecule has 1 aliphatic carbocycles. The number of aromatic nitrogens is 2. The van der Waals surface area contributed by atoms with Crippen molar-refractivity contribution >= 4 is 31.7 Å². The molecule has 1 aromatic rings. The molecule has 144 valence electrons. The quantitative estimate of drug-likeness (QED) is 0.442. The molecule has 3 rings (SSSR count). The Kier molecular flexibility index (Phi) is 5.29. The molecule has 4 atom stereocenters. The Morgan fingerprint density at radius 3 is 2.81 bits per heavy atom. The lowest BCUT2D eigenvalue weighted by Crippen LogP contribution is -2.43. The number of fused-ring (bicyclic) bond motifs is 1. The van der Waals surface area contributed by atoms with Crippen molar-refractivity contribution in [2.75, 3.05) is 6.61 Å². The molecule has 0 unspecified atom stereocenters. The highest BCUT2D eigenvalue weighted by atomic mass is 32.1. The van der Waals surface area contributed by atoms with E-state index in [1.807, 2.05) is 0 Å². The van der Waals surface area contributed by atoms with E-state index in [0.29, 0.717) is 24.6 Å². The molecule has 2 heterocycles. The average molecular weight is 397 g/mol. The van der Waals surface area contributed by atoms with Gasteiger partial charge in [-0.25, -0.2) is 4.98 Å². The molecule has 0 aromatic carbocycles. The summed E-state index contributed by atoms with van der Waals surface area (Å²) >= 11 is 5.40. The van der Waals surface area contributed by atoms with Gasteiger partial charge in [0, 0.05) is 37.3 Å². The van der Waals surface area contributed by atoms with Crippen molar-refractivity contribution in [3.05, 3.63) is 18.7 Å². The molecule has 1 aliphatic heterocycles. The maximum atomic E-state index is 11.7. The van der Waals surface area contributed by atoms with Gasteiger partial charge in [0.15, 0.2) is 8.32 Å². The number of rotatable bonds is 4. The van der Waals surface area contributed by atoms with Gasteiger partial charge in [-0.2, -0.15) is 0 Å². The first kappa shape index (κ1) is 19.5. The first-order valence-electron chi connectivity index (χ1n) is 9.11. The van der Waals surface area contributed by atoms with Gasteiger partial charge in [-0.15, -0.1) is 0 Å². The van der Waals surface area contributed by atoms with Crippen LogP contribution in [0.25, 0.3) is 0 Å². The number of esters is 1. The van der Waals surface area contributed by atoms with E-state index >= 15 is 0 Å². The summed E-state index contributed by atoms with van der Waals surface area (Å²) in [6, 6.07) is 0. The van der Waals surface area contributed by atoms with Gasteiger partial charge >= 0.3 is 5.97 Å². The predicted octanol–water partition coefficient (Wildman–Crippen LogP) is 3.37. The van der Waals surface area contributed by atoms with Crippen LogP contribution in [0.3, 0.4) is 0 Å². The van der Waals surface area contributed by atoms with Crippen molar-refractivity contribution in [1.29, 1.82) is 0 Å². The molecule has 0 bridgehead atoms. The van der Waals surface area contributed by atoms with E-state index in [1.165, 1.54) is 0 Å². The number of nitrogens with zero attached hydrogens (tertiary/aromatic N) is 2. The van der Waals surface area contributed by atoms with Gasteiger partial charge in [-0.3, -0.25) is 9.36 Å². The van der Waals surface area contributed by atoms with Gasteiger partial charge in [0.2, 0.25) is 0 Å². The summed E-state index contributed by atoms with van der Waals surface area (Å²) in [5.74, 6) is 0.123. The molecular weight excluding hydrogens is 368 g/mol. The summed E-state index contributed by atoms with van der Waals surface area (Å²) in [4.78, 5) is 15.8. The minimum Gasteiger partial charge on any atom is -0.467 e. The number of carbonyl (C=O) groups excluding carboxylic acids is 1. The lowest BCUT2D eigenvalue weighted by Gasteiger charge is -2.38. The number of carbonyl (C=O) groups is 1. The van der Waals surface area contributed by atoms with Crippen molar-refractivity contribution in [2.45, 2.75) is 64.0 Å². The third-order valence-corrected chi connectivity index (χ3v) is 10.9. The molecule has 0 amide bonds. The molecule has 0 radical (unpaired) electrons. The first-order chi connectivity index (χ1) is 12.1. The molecule has 8 heteroatoms. The summed E-state index contributed by atoms with van der Waals surface area (Å²) in [6.45, 7) is 11.7. The van der Waals surface area contributed by atoms with Gasteiger partial charge < -0.3 is 13.9 Å². The SMILES string of the molecule is CC(C)(C)[Si](C)(C)OC[C@H]1[C@H]2CC(=O)O[C@H]2C[C@H]1OC(=S)n1ccnc1. The fraction of sp³-hybridized carbons (Fsp3) is 0.722. The summed E-state index contributed by atoms with van der Waals surface area (Å²) in [5.41, 5.74) is 0. The third kappa shape index (κ3) is 3.87. The largest absolute Gasteiger partial charge is 0.467 e. The highest BCUT2D eigenvalue weighted by Crippen LogP contribution is 2.44. The van der Waals surface area contributed by atoms with Gasteiger partial charge in [0.25, 0.3) is 5.17 Å². The Morgan fingerprint density at radius 1 is 1.46 bits per heavy atom. The zero-order valence-corrected chi connectivity index (χ0v) is 17.9. The number of ether oxygens (including phenoxy) is 2. The normalized spacial score (nSPS) is 28.7. The van der Waals surface area contributed by atoms with Crippen LogP contribution in [0.2, 0.25) is 18.1 Å². The van der Waals surface area contributed by atoms with Gasteiger partial charge in [-0.1, -0.05) is 20.8 Å². The van der Waals surface area contributed by atoms with Gasteiger partial charge in [0.05, 0.1) is 6.42 Å². The molecule has 1 aromatic heterocycles. The maximum absolute atomic E-state index is 11.7. The molecule has 1 saturated heterocycles. The average Bonchev–Trinajstić information content (AvgIpc) is 3.20. The molecule has 2 fully saturated rings. The molecule has 0 N–H and O–H groups in total. The van der Waals surface area contributed by atoms with Gasteiger partial charge in [-0.05, 0) is 30.4 Å². The molecule has 0 spiro atoms. The van der Waals surface area contributed by atoms with E-state index in [2.05, 4.69) is 38.8 Å². The van der Waals surface area contributed by atoms with Crippen LogP contribution in [-0.4, -0.2) is 47.8 Å². The van der Waals surface area contributed by atoms with Crippen LogP contribution in [0, 0.1) is 11.8 Å². The lowest BCUT2D eigenvalue weighted by molar-refractivity contribution is -0.141. The second-order valence-corrected chi connectivity index (χ2v) is 13.9. The number of imidazole rings is 1. The van der Waals surface area contributed by atoms with Crippen molar-refractivity contribution in [1.82, 2.24) is 9.55 Å². The van der Waals surface area contributed by atoms with Crippen LogP contribution in [0.5, 0.6) is 0 Å². The van der Waals surface area contributed by atoms with Crippen LogP contribution < -0.4 is 0 Å². The van der Waals surface area contributed by atoms with Crippen LogP contribution in [-0.2, 0) is 18.7 Å². The summed E-state index contributed by atoms with van der Waals surface area (Å²) < 4.78 is 19.7. The number of hydrogen-bond acceptors (Lipinski definition) is 6. The second-order valence-electron chi connectivity index (χ2n) is 8.76. The predicted molar refractivity (Wildman–Crippen MR) is 104 cm³/mol. The smallest absolute Gasteiger partial charge is 0.306 e. The van der Waals surface area contributed by atoms with E-state index in [-0.39, 0.29) is 35.1 Å². The molecule has 2 aliphatic rings. The zero-order chi connectivity index (χ0) is 19.1. The maximum Gasteiger partial charge on any atom is 0.306 e. The minimum atomic E-state index is -1.89. The van der Waals surface area contributed by atoms with Crippen molar-refractivity contribution in [3.63, 3.8) is 0 Å². The Morgan fingerprint density at radius 2 is 2.19 bits per heavy atom. The third-order valence-electron chi connectivity index (χ3n) is 6.07. The molecular formula is C18H28N2O4SSi. The number of thiocarbonyl (C=S) groups is 1. The Labute approximate surface area is 161 Å². The van der Waals surface area contributed by atoms with Crippen molar-refractivity contribution < 1.29 is 18.7 Å². The number of hydrogen-bond donors (Lipinski definition) is 0. The zero-order valence-electron chi connectivity index (χ0n) is 16.1. The summed E-state index contributed by atoms with van der Waals surface area (Å²) in [5, 5.41) is 0.506. The topological polar surface area (TPSA) is 62.6 Å². The first-order valence-corrected chi connectivity index (χ1v) is 12.4. The Hall–Kier alpha value is -1.25. The highest BCUT2D eigenvalue weighted by molar-refractivity contribution is 7.80. The lowest BCUT2D eigenvalue weighted by atomic mass is 9.93. The van der Waals surface area contributed by atoms with Gasteiger partial charge in [0.1, 0.15) is 18.5 Å². The highest BCUT2D eigenvalue weighted by Gasteiger charge is 2.52. The second kappa shape index (κ2) is 7.05. The van der Waals surface area contributed by atoms with E-state index < -0.39 is 8.32 Å². The fourth-order valence-electron chi connectivity index (χ4n) is 3.40. The Bertz CT molecular complexity index is 671. The van der Waals surface area contributed by atoms with Crippen molar-refractivity contribution in [3.8, 4) is 0 Å². The standard InChI is InChI=1S/C18H28N2O4SSi/c1-18(2,3)26(4,5)22-10-13-12-8-16(21)23-14(12)9-15(13)24-17(25)20-7-6-19-11-20/h6-7,11-15H,8-10H2,1-5H3/t12-,13+,14+,15-/m1/s1. The summed E-state index contributed by atoms with van der Waals surface area (Å²) in [7, 11) is -1.89. The minimum absolute atomic E-state index is 0.0916. The van der Waals surface area contributed by atoms with Crippen LogP contribution in [0.4, 0.5) is 0 Å². The van der Waals surface area contributed by atoms with E-state index in [0.717, 1.165) is 0 Å². The van der Waals surface area contributed by atoms with Crippen molar-refractivity contribution in [2.24, 2.45) is 11.8 Å². The fourth-order valence-corrected chi connectivity index (χ4v) is 4.68. The summed E-state index contributed by atoms with van der Waals surface area (Å²) in [6.07, 6.45) is 5.95. The Balaban J connectivity index is 1.71. The van der Waals surface area contributed by atoms with Crippen LogP contribution in [0.15, 0.2) is 18.7 Å². The van der Waals surface area contributed by atoms with E-state index in [1.54, 1.807) is 23.3 Å². The molecule has 6 nitrogen and oxygen atoms in total. The molecule has 26 heavy (non-hydrogen) atoms. The van der Waals surface area contributed by atoms with Crippen LogP contribution in [0.1, 0.15) is 33.6 Å². The van der Waals surface area contributed by atoms with E-state index in [9.17, 15) is 4.79 Å².